The van der Waals surface area contributed by atoms with Crippen molar-refractivity contribution in [2.75, 3.05) is 6.26 Å². The first kappa shape index (κ1) is 18.7. The van der Waals surface area contributed by atoms with Gasteiger partial charge in [0.05, 0.1) is 0 Å². The van der Waals surface area contributed by atoms with Crippen molar-refractivity contribution in [2.45, 2.75) is 18.7 Å². The van der Waals surface area contributed by atoms with E-state index in [2.05, 4.69) is 13.0 Å². The Morgan fingerprint density at radius 3 is 2.12 bits per heavy atom. The van der Waals surface area contributed by atoms with Gasteiger partial charge in [-0.15, -0.1) is 0 Å². The van der Waals surface area contributed by atoms with E-state index in [-0.39, 0.29) is 12.0 Å². The van der Waals surface area contributed by atoms with Crippen LogP contribution in [0.2, 0.25) is 0 Å². The van der Waals surface area contributed by atoms with Crippen LogP contribution in [0.5, 0.6) is 0 Å². The Bertz CT molecular complexity index is 918. The molecule has 0 heterocycles. The Kier molecular flexibility index (Phi) is 5.97. The van der Waals surface area contributed by atoms with Gasteiger partial charge in [-0.1, -0.05) is 18.2 Å². The lowest BCUT2D eigenvalue weighted by atomic mass is 10.0. The number of fused-ring (bicyclic) bond motifs is 1. The molecule has 1 unspecified atom stereocenters. The topological polar surface area (TPSA) is 51.2 Å². The van der Waals surface area contributed by atoms with E-state index < -0.39 is 10.8 Å². The van der Waals surface area contributed by atoms with Gasteiger partial charge >= 0.3 is 6.15 Å². The molecule has 0 aliphatic heterocycles. The Labute approximate surface area is 148 Å². The third-order valence-corrected chi connectivity index (χ3v) is 5.10. The van der Waals surface area contributed by atoms with Crippen LogP contribution in [-0.2, 0) is 20.4 Å². The number of allylic oxidation sites excluding steroid dienone is 3. The molecule has 128 valence electrons. The minimum atomic E-state index is -0.964. The van der Waals surface area contributed by atoms with Crippen LogP contribution >= 0.6 is 0 Å². The number of hydrogen-bond donors (Lipinski definition) is 0. The zero-order chi connectivity index (χ0) is 18.6. The fourth-order valence-corrected chi connectivity index (χ4v) is 3.30. The van der Waals surface area contributed by atoms with Crippen LogP contribution < -0.4 is 0 Å². The molecule has 5 heteroatoms. The monoisotopic (exact) mass is 356 g/mol. The molecule has 2 aromatic carbocycles. The molecule has 1 atom stereocenters. The van der Waals surface area contributed by atoms with Gasteiger partial charge < -0.3 is 0 Å². The predicted octanol–water partition coefficient (Wildman–Crippen LogP) is 4.33. The Morgan fingerprint density at radius 1 is 0.960 bits per heavy atom. The van der Waals surface area contributed by atoms with Crippen molar-refractivity contribution in [2.24, 2.45) is 0 Å². The van der Waals surface area contributed by atoms with Crippen molar-refractivity contribution in [3.8, 4) is 0 Å². The van der Waals surface area contributed by atoms with Crippen LogP contribution in [0.3, 0.4) is 0 Å². The Balaban J connectivity index is 0.000000701. The van der Waals surface area contributed by atoms with Crippen LogP contribution in [0, 0.1) is 5.82 Å². The van der Waals surface area contributed by atoms with Crippen molar-refractivity contribution in [1.29, 1.82) is 0 Å². The molecule has 3 rings (SSSR count). The first-order valence-corrected chi connectivity index (χ1v) is 9.07. The zero-order valence-corrected chi connectivity index (χ0v) is 14.9. The molecule has 0 aromatic heterocycles. The van der Waals surface area contributed by atoms with Crippen molar-refractivity contribution >= 4 is 34.2 Å². The summed E-state index contributed by atoms with van der Waals surface area (Å²) in [6.45, 7) is 4.09. The van der Waals surface area contributed by atoms with E-state index in [1.54, 1.807) is 12.3 Å². The van der Waals surface area contributed by atoms with Gasteiger partial charge in [-0.05, 0) is 77.6 Å². The Morgan fingerprint density at radius 2 is 1.56 bits per heavy atom. The van der Waals surface area contributed by atoms with Gasteiger partial charge in [0.1, 0.15) is 5.82 Å². The lowest BCUT2D eigenvalue weighted by molar-refractivity contribution is -0.191. The molecular weight excluding hydrogens is 339 g/mol. The van der Waals surface area contributed by atoms with Gasteiger partial charge in [0, 0.05) is 22.0 Å². The second-order valence-electron chi connectivity index (χ2n) is 5.60. The molecule has 1 aliphatic rings. The fraction of sp³-hybridized carbons (Fsp3) is 0.150. The number of rotatable bonds is 2. The first-order valence-electron chi connectivity index (χ1n) is 7.51. The maximum atomic E-state index is 13.5. The van der Waals surface area contributed by atoms with Crippen molar-refractivity contribution in [1.82, 2.24) is 0 Å². The number of halogens is 1. The summed E-state index contributed by atoms with van der Waals surface area (Å²) in [7, 11) is -0.964. The molecule has 0 bridgehead atoms. The normalized spacial score (nSPS) is 15.3. The van der Waals surface area contributed by atoms with Crippen molar-refractivity contribution < 1.29 is 18.2 Å². The van der Waals surface area contributed by atoms with Gasteiger partial charge in [-0.2, -0.15) is 9.59 Å². The SMILES string of the molecule is CC1=C(C)c2cc(F)ccc2/C1=C\c1ccc(S(C)=O)cc1.O=C=O. The molecule has 2 aromatic rings. The molecule has 0 amide bonds. The molecule has 0 saturated heterocycles. The number of carbonyl (C=O) groups excluding carboxylic acids is 2. The third kappa shape index (κ3) is 4.08. The van der Waals surface area contributed by atoms with Crippen LogP contribution in [0.25, 0.3) is 17.2 Å². The maximum Gasteiger partial charge on any atom is 0.373 e. The summed E-state index contributed by atoms with van der Waals surface area (Å²) in [6.07, 6.45) is 4.02. The van der Waals surface area contributed by atoms with Crippen molar-refractivity contribution in [3.05, 3.63) is 70.5 Å². The minimum absolute atomic E-state index is 0.207. The predicted molar refractivity (Wildman–Crippen MR) is 96.3 cm³/mol. The summed E-state index contributed by atoms with van der Waals surface area (Å²) in [5.74, 6) is -0.207. The summed E-state index contributed by atoms with van der Waals surface area (Å²) in [5.41, 5.74) is 6.50. The van der Waals surface area contributed by atoms with E-state index in [1.807, 2.05) is 37.3 Å². The second kappa shape index (κ2) is 7.97. The van der Waals surface area contributed by atoms with Gasteiger partial charge in [0.15, 0.2) is 0 Å². The van der Waals surface area contributed by atoms with E-state index in [4.69, 9.17) is 9.59 Å². The summed E-state index contributed by atoms with van der Waals surface area (Å²) in [5, 5.41) is 0. The highest BCUT2D eigenvalue weighted by Gasteiger charge is 2.21. The number of benzene rings is 2. The summed E-state index contributed by atoms with van der Waals surface area (Å²) >= 11 is 0. The van der Waals surface area contributed by atoms with Gasteiger partial charge in [-0.3, -0.25) is 4.21 Å². The van der Waals surface area contributed by atoms with E-state index in [0.29, 0.717) is 0 Å². The molecule has 0 N–H and O–H groups in total. The zero-order valence-electron chi connectivity index (χ0n) is 14.1. The quantitative estimate of drug-likeness (QED) is 0.805. The lowest BCUT2D eigenvalue weighted by Gasteiger charge is -2.05. The van der Waals surface area contributed by atoms with E-state index in [0.717, 1.165) is 32.7 Å². The molecular formula is C20H17FO3S. The molecule has 0 saturated carbocycles. The van der Waals surface area contributed by atoms with Crippen molar-refractivity contribution in [3.63, 3.8) is 0 Å². The largest absolute Gasteiger partial charge is 0.373 e. The highest BCUT2D eigenvalue weighted by molar-refractivity contribution is 7.84. The van der Waals surface area contributed by atoms with Gasteiger partial charge in [-0.25, -0.2) is 4.39 Å². The second-order valence-corrected chi connectivity index (χ2v) is 6.98. The van der Waals surface area contributed by atoms with E-state index >= 15 is 0 Å². The standard InChI is InChI=1S/C19H17FOS.CO2/c1-12-13(2)19-11-15(20)6-9-17(19)18(12)10-14-4-7-16(8-5-14)22(3)21;2-1-3/h4-11H,1-3H3;/b18-10-;. The Hall–Kier alpha value is -2.62. The van der Waals surface area contributed by atoms with Crippen LogP contribution in [0.15, 0.2) is 52.9 Å². The third-order valence-electron chi connectivity index (χ3n) is 4.17. The molecule has 0 spiro atoms. The average Bonchev–Trinajstić information content (AvgIpc) is 2.81. The maximum absolute atomic E-state index is 13.5. The molecule has 1 aliphatic carbocycles. The molecule has 0 radical (unpaired) electrons. The van der Waals surface area contributed by atoms with Crippen LogP contribution in [-0.4, -0.2) is 16.6 Å². The van der Waals surface area contributed by atoms with Crippen LogP contribution in [0.4, 0.5) is 4.39 Å². The van der Waals surface area contributed by atoms with Crippen LogP contribution in [0.1, 0.15) is 30.5 Å². The summed E-state index contributed by atoms with van der Waals surface area (Å²) < 4.78 is 24.9. The molecule has 25 heavy (non-hydrogen) atoms. The van der Waals surface area contributed by atoms with E-state index in [9.17, 15) is 8.60 Å². The van der Waals surface area contributed by atoms with Gasteiger partial charge in [0.25, 0.3) is 0 Å². The highest BCUT2D eigenvalue weighted by atomic mass is 32.2. The number of hydrogen-bond acceptors (Lipinski definition) is 3. The average molecular weight is 356 g/mol. The lowest BCUT2D eigenvalue weighted by Crippen LogP contribution is -1.88. The summed E-state index contributed by atoms with van der Waals surface area (Å²) in [6, 6.07) is 12.6. The highest BCUT2D eigenvalue weighted by Crippen LogP contribution is 2.41. The van der Waals surface area contributed by atoms with Gasteiger partial charge in [0.2, 0.25) is 0 Å². The molecule has 0 fully saturated rings. The molecule has 3 nitrogen and oxygen atoms in total. The smallest absolute Gasteiger partial charge is 0.255 e. The minimum Gasteiger partial charge on any atom is -0.255 e. The summed E-state index contributed by atoms with van der Waals surface area (Å²) in [4.78, 5) is 17.1. The van der Waals surface area contributed by atoms with E-state index in [1.165, 1.54) is 11.6 Å². The first-order chi connectivity index (χ1) is 11.9. The fourth-order valence-electron chi connectivity index (χ4n) is 2.78.